The lowest BCUT2D eigenvalue weighted by Gasteiger charge is -2.12. The van der Waals surface area contributed by atoms with Crippen LogP contribution >= 0.6 is 15.9 Å². The smallest absolute Gasteiger partial charge is 0.123 e. The summed E-state index contributed by atoms with van der Waals surface area (Å²) in [6.07, 6.45) is 2.51. The van der Waals surface area contributed by atoms with Crippen LogP contribution in [-0.4, -0.2) is 9.78 Å². The standard InChI is InChI=1S/C15H16BrFN2/c1-10-13(16)14(11-3-5-12(17)6-4-11)19(18-10)9-15(2)7-8-15/h3-6H,7-9H2,1-2H3. The molecule has 0 aliphatic heterocycles. The summed E-state index contributed by atoms with van der Waals surface area (Å²) in [5.74, 6) is -0.211. The maximum Gasteiger partial charge on any atom is 0.123 e. The maximum absolute atomic E-state index is 13.1. The van der Waals surface area contributed by atoms with Gasteiger partial charge >= 0.3 is 0 Å². The highest BCUT2D eigenvalue weighted by molar-refractivity contribution is 9.10. The van der Waals surface area contributed by atoms with E-state index in [2.05, 4.69) is 32.6 Å². The summed E-state index contributed by atoms with van der Waals surface area (Å²) in [5, 5.41) is 4.61. The highest BCUT2D eigenvalue weighted by Gasteiger charge is 2.38. The van der Waals surface area contributed by atoms with Gasteiger partial charge < -0.3 is 0 Å². The first-order valence-electron chi connectivity index (χ1n) is 6.47. The number of halogens is 2. The predicted octanol–water partition coefficient (Wildman–Crippen LogP) is 4.56. The van der Waals surface area contributed by atoms with Gasteiger partial charge in [-0.1, -0.05) is 6.92 Å². The molecule has 1 aromatic heterocycles. The third kappa shape index (κ3) is 2.46. The zero-order valence-corrected chi connectivity index (χ0v) is 12.7. The molecule has 2 nitrogen and oxygen atoms in total. The Morgan fingerprint density at radius 3 is 2.53 bits per heavy atom. The topological polar surface area (TPSA) is 17.8 Å². The van der Waals surface area contributed by atoms with E-state index in [4.69, 9.17) is 0 Å². The summed E-state index contributed by atoms with van der Waals surface area (Å²) in [7, 11) is 0. The van der Waals surface area contributed by atoms with Gasteiger partial charge in [-0.15, -0.1) is 0 Å². The molecule has 1 heterocycles. The molecule has 1 aliphatic carbocycles. The van der Waals surface area contributed by atoms with Crippen molar-refractivity contribution in [1.29, 1.82) is 0 Å². The summed E-state index contributed by atoms with van der Waals surface area (Å²) in [6, 6.07) is 6.60. The minimum Gasteiger partial charge on any atom is -0.263 e. The van der Waals surface area contributed by atoms with Crippen LogP contribution < -0.4 is 0 Å². The van der Waals surface area contributed by atoms with Gasteiger partial charge in [-0.3, -0.25) is 4.68 Å². The molecule has 4 heteroatoms. The molecule has 3 rings (SSSR count). The Balaban J connectivity index is 2.05. The van der Waals surface area contributed by atoms with Gasteiger partial charge in [0.1, 0.15) is 5.82 Å². The average Bonchev–Trinajstić information content (AvgIpc) is 3.02. The fraction of sp³-hybridized carbons (Fsp3) is 0.400. The number of aryl methyl sites for hydroxylation is 1. The Kier molecular flexibility index (Phi) is 3.01. The first-order valence-corrected chi connectivity index (χ1v) is 7.27. The third-order valence-corrected chi connectivity index (χ3v) is 4.76. The van der Waals surface area contributed by atoms with Crippen LogP contribution in [0.1, 0.15) is 25.5 Å². The zero-order valence-electron chi connectivity index (χ0n) is 11.1. The number of rotatable bonds is 3. The van der Waals surface area contributed by atoms with E-state index in [0.29, 0.717) is 5.41 Å². The van der Waals surface area contributed by atoms with E-state index in [1.807, 2.05) is 19.1 Å². The van der Waals surface area contributed by atoms with E-state index in [1.165, 1.54) is 25.0 Å². The van der Waals surface area contributed by atoms with Gasteiger partial charge in [0.05, 0.1) is 15.9 Å². The SMILES string of the molecule is Cc1nn(CC2(C)CC2)c(-c2ccc(F)cc2)c1Br. The molecule has 1 aliphatic rings. The molecular formula is C15H16BrFN2. The number of hydrogen-bond donors (Lipinski definition) is 0. The summed E-state index contributed by atoms with van der Waals surface area (Å²) in [6.45, 7) is 5.20. The van der Waals surface area contributed by atoms with Gasteiger partial charge in [0, 0.05) is 12.1 Å². The molecule has 1 aromatic carbocycles. The highest BCUT2D eigenvalue weighted by atomic mass is 79.9. The lowest BCUT2D eigenvalue weighted by atomic mass is 10.1. The molecule has 0 saturated heterocycles. The molecule has 0 bridgehead atoms. The number of benzene rings is 1. The predicted molar refractivity (Wildman–Crippen MR) is 77.4 cm³/mol. The fourth-order valence-corrected chi connectivity index (χ4v) is 2.80. The summed E-state index contributed by atoms with van der Waals surface area (Å²) in [4.78, 5) is 0. The van der Waals surface area contributed by atoms with Gasteiger partial charge in [0.15, 0.2) is 0 Å². The van der Waals surface area contributed by atoms with Crippen molar-refractivity contribution in [1.82, 2.24) is 9.78 Å². The first kappa shape index (κ1) is 12.9. The second-order valence-electron chi connectivity index (χ2n) is 5.72. The monoisotopic (exact) mass is 322 g/mol. The van der Waals surface area contributed by atoms with Crippen LogP contribution in [0.2, 0.25) is 0 Å². The van der Waals surface area contributed by atoms with E-state index in [1.54, 1.807) is 0 Å². The van der Waals surface area contributed by atoms with Crippen LogP contribution in [0.3, 0.4) is 0 Å². The van der Waals surface area contributed by atoms with Gasteiger partial charge in [-0.2, -0.15) is 5.10 Å². The zero-order chi connectivity index (χ0) is 13.6. The minimum atomic E-state index is -0.211. The van der Waals surface area contributed by atoms with Crippen LogP contribution in [0.5, 0.6) is 0 Å². The Hall–Kier alpha value is -1.16. The average molecular weight is 323 g/mol. The molecule has 19 heavy (non-hydrogen) atoms. The second-order valence-corrected chi connectivity index (χ2v) is 6.52. The van der Waals surface area contributed by atoms with E-state index in [-0.39, 0.29) is 5.82 Å². The van der Waals surface area contributed by atoms with Crippen LogP contribution in [0, 0.1) is 18.2 Å². The van der Waals surface area contributed by atoms with Gasteiger partial charge in [0.2, 0.25) is 0 Å². The Morgan fingerprint density at radius 2 is 1.95 bits per heavy atom. The van der Waals surface area contributed by atoms with Gasteiger partial charge in [0.25, 0.3) is 0 Å². The van der Waals surface area contributed by atoms with E-state index >= 15 is 0 Å². The lowest BCUT2D eigenvalue weighted by molar-refractivity contribution is 0.434. The second kappa shape index (κ2) is 4.44. The van der Waals surface area contributed by atoms with Crippen molar-refractivity contribution < 1.29 is 4.39 Å². The number of hydrogen-bond acceptors (Lipinski definition) is 1. The largest absolute Gasteiger partial charge is 0.263 e. The fourth-order valence-electron chi connectivity index (χ4n) is 2.29. The number of nitrogens with zero attached hydrogens (tertiary/aromatic N) is 2. The van der Waals surface area contributed by atoms with Crippen molar-refractivity contribution in [2.45, 2.75) is 33.2 Å². The summed E-state index contributed by atoms with van der Waals surface area (Å²) in [5.41, 5.74) is 3.40. The van der Waals surface area contributed by atoms with Crippen LogP contribution in [0.25, 0.3) is 11.3 Å². The molecular weight excluding hydrogens is 307 g/mol. The van der Waals surface area contributed by atoms with Crippen molar-refractivity contribution >= 4 is 15.9 Å². The minimum absolute atomic E-state index is 0.211. The maximum atomic E-state index is 13.1. The normalized spacial score (nSPS) is 16.6. The van der Waals surface area contributed by atoms with Crippen molar-refractivity contribution in [2.24, 2.45) is 5.41 Å². The van der Waals surface area contributed by atoms with Crippen LogP contribution in [0.4, 0.5) is 4.39 Å². The van der Waals surface area contributed by atoms with E-state index in [0.717, 1.165) is 28.0 Å². The molecule has 0 amide bonds. The summed E-state index contributed by atoms with van der Waals surface area (Å²) >= 11 is 3.61. The molecule has 0 unspecified atom stereocenters. The van der Waals surface area contributed by atoms with Crippen molar-refractivity contribution in [3.8, 4) is 11.3 Å². The molecule has 2 aromatic rings. The summed E-state index contributed by atoms with van der Waals surface area (Å²) < 4.78 is 16.1. The Bertz CT molecular complexity index is 612. The van der Waals surface area contributed by atoms with Crippen molar-refractivity contribution in [3.05, 3.63) is 40.2 Å². The van der Waals surface area contributed by atoms with Crippen LogP contribution in [0.15, 0.2) is 28.7 Å². The lowest BCUT2D eigenvalue weighted by Crippen LogP contribution is -2.11. The molecule has 0 N–H and O–H groups in total. The molecule has 0 atom stereocenters. The third-order valence-electron chi connectivity index (χ3n) is 3.81. The molecule has 100 valence electrons. The molecule has 0 radical (unpaired) electrons. The van der Waals surface area contributed by atoms with E-state index < -0.39 is 0 Å². The van der Waals surface area contributed by atoms with Crippen molar-refractivity contribution in [3.63, 3.8) is 0 Å². The van der Waals surface area contributed by atoms with Gasteiger partial charge in [-0.25, -0.2) is 4.39 Å². The molecule has 1 fully saturated rings. The highest BCUT2D eigenvalue weighted by Crippen LogP contribution is 2.47. The van der Waals surface area contributed by atoms with Crippen LogP contribution in [-0.2, 0) is 6.54 Å². The van der Waals surface area contributed by atoms with Gasteiger partial charge in [-0.05, 0) is 65.4 Å². The number of aromatic nitrogens is 2. The molecule has 0 spiro atoms. The van der Waals surface area contributed by atoms with E-state index in [9.17, 15) is 4.39 Å². The quantitative estimate of drug-likeness (QED) is 0.810. The Morgan fingerprint density at radius 1 is 1.32 bits per heavy atom. The first-order chi connectivity index (χ1) is 8.98. The molecule has 1 saturated carbocycles. The Labute approximate surface area is 120 Å². The van der Waals surface area contributed by atoms with Crippen molar-refractivity contribution in [2.75, 3.05) is 0 Å².